The van der Waals surface area contributed by atoms with Crippen molar-refractivity contribution in [2.45, 2.75) is 57.0 Å². The molecule has 2 amide bonds. The normalized spacial score (nSPS) is 21.6. The summed E-state index contributed by atoms with van der Waals surface area (Å²) in [5.41, 5.74) is 12.1. The van der Waals surface area contributed by atoms with Crippen molar-refractivity contribution < 1.29 is 23.8 Å². The quantitative estimate of drug-likeness (QED) is 0.258. The van der Waals surface area contributed by atoms with Gasteiger partial charge in [-0.3, -0.25) is 9.59 Å². The first-order chi connectivity index (χ1) is 23.7. The van der Waals surface area contributed by atoms with Crippen LogP contribution < -0.4 is 15.4 Å². The number of hydrogen-bond acceptors (Lipinski definition) is 7. The fraction of sp³-hybridized carbons (Fsp3) is 0.405. The van der Waals surface area contributed by atoms with E-state index in [1.165, 1.54) is 4.90 Å². The highest BCUT2D eigenvalue weighted by Crippen LogP contribution is 2.38. The largest absolute Gasteiger partial charge is 0.494 e. The standard InChI is InChI=1S/C37H40FN7O4/c1-42-33-29(14-24(16-32(33)49-2)36(47)43-19-25(38)17-26(39)20-43)41-35(42)30-15-23-9-12-28(40-34(23)45(30)18-21-5-6-21)22-7-10-27(11-8-22)44-13-3-4-31(46)37(44)48/h7-12,14-16,21,25-26,31,46H,3-6,13,17-20,39H2,1-2H3/t25-,26-,31?/m1/s1. The van der Waals surface area contributed by atoms with Gasteiger partial charge in [-0.1, -0.05) is 12.1 Å². The van der Waals surface area contributed by atoms with Gasteiger partial charge in [-0.25, -0.2) is 14.4 Å². The summed E-state index contributed by atoms with van der Waals surface area (Å²) in [7, 11) is 3.51. The molecule has 12 heteroatoms. The van der Waals surface area contributed by atoms with E-state index in [0.29, 0.717) is 42.3 Å². The summed E-state index contributed by atoms with van der Waals surface area (Å²) >= 11 is 0. The number of aryl methyl sites for hydroxylation is 1. The van der Waals surface area contributed by atoms with Crippen LogP contribution in [-0.2, 0) is 18.4 Å². The number of methoxy groups -OCH3 is 1. The minimum Gasteiger partial charge on any atom is -0.494 e. The number of rotatable bonds is 7. The molecule has 5 aromatic rings. The van der Waals surface area contributed by atoms with Gasteiger partial charge < -0.3 is 34.5 Å². The van der Waals surface area contributed by atoms with Gasteiger partial charge in [0.25, 0.3) is 11.8 Å². The number of pyridine rings is 1. The van der Waals surface area contributed by atoms with Gasteiger partial charge in [0.05, 0.1) is 30.6 Å². The first kappa shape index (κ1) is 31.5. The van der Waals surface area contributed by atoms with Crippen LogP contribution in [0.2, 0.25) is 0 Å². The van der Waals surface area contributed by atoms with E-state index < -0.39 is 18.3 Å². The number of halogens is 1. The number of nitrogens with zero attached hydrogens (tertiary/aromatic N) is 6. The Kier molecular flexibility index (Phi) is 7.87. The zero-order valence-corrected chi connectivity index (χ0v) is 27.7. The van der Waals surface area contributed by atoms with Crippen LogP contribution in [0, 0.1) is 5.92 Å². The summed E-state index contributed by atoms with van der Waals surface area (Å²) in [5, 5.41) is 11.0. The number of nitrogens with two attached hydrogens (primary N) is 1. The van der Waals surface area contributed by atoms with E-state index in [9.17, 15) is 19.1 Å². The molecule has 5 heterocycles. The monoisotopic (exact) mass is 665 g/mol. The van der Waals surface area contributed by atoms with Gasteiger partial charge in [0.15, 0.2) is 5.82 Å². The maximum Gasteiger partial charge on any atom is 0.255 e. The highest BCUT2D eigenvalue weighted by atomic mass is 19.1. The topological polar surface area (TPSA) is 132 Å². The van der Waals surface area contributed by atoms with E-state index in [2.05, 4.69) is 16.7 Å². The number of imidazole rings is 1. The van der Waals surface area contributed by atoms with Gasteiger partial charge in [0.2, 0.25) is 0 Å². The number of aliphatic hydroxyl groups excluding tert-OH is 1. The fourth-order valence-corrected chi connectivity index (χ4v) is 7.38. The molecule has 11 nitrogen and oxygen atoms in total. The molecule has 0 bridgehead atoms. The van der Waals surface area contributed by atoms with Crippen molar-refractivity contribution in [3.05, 3.63) is 60.2 Å². The Bertz CT molecular complexity index is 2080. The number of amides is 2. The first-order valence-corrected chi connectivity index (χ1v) is 17.0. The molecule has 0 radical (unpaired) electrons. The van der Waals surface area contributed by atoms with Crippen LogP contribution >= 0.6 is 0 Å². The fourth-order valence-electron chi connectivity index (χ4n) is 7.38. The van der Waals surface area contributed by atoms with Crippen LogP contribution in [0.1, 0.15) is 42.5 Å². The van der Waals surface area contributed by atoms with Crippen LogP contribution in [-0.4, -0.2) is 86.0 Å². The van der Waals surface area contributed by atoms with E-state index in [0.717, 1.165) is 70.8 Å². The number of piperidine rings is 2. The molecule has 2 saturated heterocycles. The van der Waals surface area contributed by atoms with Gasteiger partial charge in [-0.2, -0.15) is 0 Å². The number of aliphatic hydroxyl groups is 1. The van der Waals surface area contributed by atoms with Crippen LogP contribution in [0.25, 0.3) is 44.8 Å². The molecule has 3 aromatic heterocycles. The zero-order valence-electron chi connectivity index (χ0n) is 27.7. The smallest absolute Gasteiger partial charge is 0.255 e. The van der Waals surface area contributed by atoms with Crippen molar-refractivity contribution in [2.24, 2.45) is 18.7 Å². The maximum absolute atomic E-state index is 14.3. The van der Waals surface area contributed by atoms with Crippen LogP contribution in [0.15, 0.2) is 54.6 Å². The molecule has 2 aliphatic heterocycles. The number of benzene rings is 2. The summed E-state index contributed by atoms with van der Waals surface area (Å²) in [6.45, 7) is 1.71. The lowest BCUT2D eigenvalue weighted by molar-refractivity contribution is -0.128. The molecule has 3 atom stereocenters. The molecule has 49 heavy (non-hydrogen) atoms. The van der Waals surface area contributed by atoms with Gasteiger partial charge in [0, 0.05) is 54.9 Å². The Morgan fingerprint density at radius 1 is 1.06 bits per heavy atom. The Hall–Kier alpha value is -4.81. The lowest BCUT2D eigenvalue weighted by Gasteiger charge is -2.33. The minimum absolute atomic E-state index is 0.0169. The van der Waals surface area contributed by atoms with Crippen molar-refractivity contribution >= 4 is 39.6 Å². The van der Waals surface area contributed by atoms with Gasteiger partial charge in [-0.05, 0) is 80.5 Å². The Balaban J connectivity index is 1.17. The third kappa shape index (κ3) is 5.72. The number of anilines is 1. The minimum atomic E-state index is -1.15. The third-order valence-corrected chi connectivity index (χ3v) is 10.1. The van der Waals surface area contributed by atoms with Crippen molar-refractivity contribution in [2.75, 3.05) is 31.6 Å². The SMILES string of the molecule is COc1cc(C(=O)N2C[C@H](N)C[C@@H](F)C2)cc2nc(-c3cc4ccc(-c5ccc(N6CCCC(O)C6=O)cc5)nc4n3CC3CC3)n(C)c12. The van der Waals surface area contributed by atoms with Gasteiger partial charge in [0.1, 0.15) is 29.2 Å². The average molecular weight is 666 g/mol. The number of likely N-dealkylation sites (tertiary alicyclic amines) is 1. The first-order valence-electron chi connectivity index (χ1n) is 17.0. The Labute approximate surface area is 283 Å². The van der Waals surface area contributed by atoms with Crippen molar-refractivity contribution in [1.29, 1.82) is 0 Å². The van der Waals surface area contributed by atoms with Gasteiger partial charge >= 0.3 is 0 Å². The van der Waals surface area contributed by atoms with Crippen LogP contribution in [0.4, 0.5) is 10.1 Å². The second-order valence-electron chi connectivity index (χ2n) is 13.7. The molecule has 3 fully saturated rings. The second-order valence-corrected chi connectivity index (χ2v) is 13.7. The predicted molar refractivity (Wildman–Crippen MR) is 185 cm³/mol. The summed E-state index contributed by atoms with van der Waals surface area (Å²) in [6.07, 6.45) is 1.73. The molecule has 1 aliphatic carbocycles. The van der Waals surface area contributed by atoms with E-state index in [4.69, 9.17) is 20.4 Å². The molecule has 2 aromatic carbocycles. The Morgan fingerprint density at radius 2 is 1.86 bits per heavy atom. The third-order valence-electron chi connectivity index (χ3n) is 10.1. The molecular formula is C37H40FN7O4. The lowest BCUT2D eigenvalue weighted by Crippen LogP contribution is -2.50. The highest BCUT2D eigenvalue weighted by molar-refractivity contribution is 6.00. The van der Waals surface area contributed by atoms with Crippen molar-refractivity contribution in [1.82, 2.24) is 24.0 Å². The molecule has 1 saturated carbocycles. The summed E-state index contributed by atoms with van der Waals surface area (Å²) < 4.78 is 24.3. The number of fused-ring (bicyclic) bond motifs is 2. The van der Waals surface area contributed by atoms with E-state index >= 15 is 0 Å². The molecule has 8 rings (SSSR count). The lowest BCUT2D eigenvalue weighted by atomic mass is 10.0. The number of carbonyl (C=O) groups is 2. The molecule has 1 unspecified atom stereocenters. The molecule has 254 valence electrons. The second kappa shape index (κ2) is 12.3. The van der Waals surface area contributed by atoms with Crippen molar-refractivity contribution in [3.8, 4) is 28.5 Å². The predicted octanol–water partition coefficient (Wildman–Crippen LogP) is 4.67. The highest BCUT2D eigenvalue weighted by Gasteiger charge is 2.31. The number of carbonyl (C=O) groups excluding carboxylic acids is 2. The zero-order chi connectivity index (χ0) is 34.0. The molecule has 3 aliphatic rings. The molecular weight excluding hydrogens is 625 g/mol. The van der Waals surface area contributed by atoms with Gasteiger partial charge in [-0.15, -0.1) is 0 Å². The number of hydrogen-bond donors (Lipinski definition) is 2. The van der Waals surface area contributed by atoms with Crippen LogP contribution in [0.5, 0.6) is 5.75 Å². The van der Waals surface area contributed by atoms with E-state index in [-0.39, 0.29) is 24.8 Å². The number of alkyl halides is 1. The van der Waals surface area contributed by atoms with E-state index in [1.54, 1.807) is 24.1 Å². The summed E-state index contributed by atoms with van der Waals surface area (Å²) in [5.74, 6) is 1.24. The average Bonchev–Trinajstić information content (AvgIpc) is 3.77. The van der Waals surface area contributed by atoms with Crippen LogP contribution in [0.3, 0.4) is 0 Å². The molecule has 3 N–H and O–H groups in total. The number of aromatic nitrogens is 4. The summed E-state index contributed by atoms with van der Waals surface area (Å²) in [4.78, 5) is 39.4. The van der Waals surface area contributed by atoms with E-state index in [1.807, 2.05) is 41.9 Å². The summed E-state index contributed by atoms with van der Waals surface area (Å²) in [6, 6.07) is 17.0. The maximum atomic E-state index is 14.3. The molecule has 0 spiro atoms. The number of ether oxygens (including phenoxy) is 1. The Morgan fingerprint density at radius 3 is 2.59 bits per heavy atom. The van der Waals surface area contributed by atoms with Crippen molar-refractivity contribution in [3.63, 3.8) is 0 Å².